The van der Waals surface area contributed by atoms with Crippen molar-refractivity contribution in [2.75, 3.05) is 44.3 Å². The molecule has 0 amide bonds. The number of rotatable bonds is 3. The van der Waals surface area contributed by atoms with E-state index in [4.69, 9.17) is 9.26 Å². The minimum absolute atomic E-state index is 0.101. The Bertz CT molecular complexity index is 844. The molecular formula is C20H23N5O2. The zero-order valence-corrected chi connectivity index (χ0v) is 15.2. The Balaban J connectivity index is 1.27. The van der Waals surface area contributed by atoms with Crippen LogP contribution in [0.5, 0.6) is 0 Å². The van der Waals surface area contributed by atoms with Crippen LogP contribution in [-0.2, 0) is 4.74 Å². The number of nitrogens with one attached hydrogen (secondary N) is 1. The number of anilines is 1. The van der Waals surface area contributed by atoms with E-state index in [2.05, 4.69) is 38.6 Å². The van der Waals surface area contributed by atoms with Gasteiger partial charge in [-0.25, -0.2) is 0 Å². The highest BCUT2D eigenvalue weighted by molar-refractivity contribution is 5.60. The van der Waals surface area contributed by atoms with Gasteiger partial charge < -0.3 is 19.5 Å². The molecule has 2 aromatic rings. The summed E-state index contributed by atoms with van der Waals surface area (Å²) < 4.78 is 11.0. The fourth-order valence-electron chi connectivity index (χ4n) is 4.67. The van der Waals surface area contributed by atoms with Gasteiger partial charge in [-0.15, -0.1) is 0 Å². The van der Waals surface area contributed by atoms with E-state index in [9.17, 15) is 5.26 Å². The van der Waals surface area contributed by atoms with Gasteiger partial charge in [-0.2, -0.15) is 10.2 Å². The number of aromatic nitrogens is 2. The quantitative estimate of drug-likeness (QED) is 0.892. The lowest BCUT2D eigenvalue weighted by Crippen LogP contribution is -2.42. The Labute approximate surface area is 158 Å². The van der Waals surface area contributed by atoms with Crippen LogP contribution >= 0.6 is 0 Å². The third-order valence-corrected chi connectivity index (χ3v) is 6.32. The van der Waals surface area contributed by atoms with Crippen molar-refractivity contribution in [2.45, 2.75) is 18.8 Å². The molecule has 1 aromatic carbocycles. The molecule has 1 aliphatic carbocycles. The topological polar surface area (TPSA) is 87.2 Å². The number of nitrogens with zero attached hydrogens (tertiary/aromatic N) is 4. The Kier molecular flexibility index (Phi) is 4.10. The molecule has 3 aliphatic rings. The molecule has 3 fully saturated rings. The fraction of sp³-hybridized carbons (Fsp3) is 0.550. The van der Waals surface area contributed by atoms with E-state index in [1.54, 1.807) is 0 Å². The minimum Gasteiger partial charge on any atom is -0.378 e. The summed E-state index contributed by atoms with van der Waals surface area (Å²) in [6.07, 6.45) is 1.91. The first kappa shape index (κ1) is 16.7. The molecule has 1 atom stereocenters. The summed E-state index contributed by atoms with van der Waals surface area (Å²) in [7, 11) is 0. The molecule has 7 nitrogen and oxygen atoms in total. The van der Waals surface area contributed by atoms with Crippen molar-refractivity contribution in [3.05, 3.63) is 30.2 Å². The summed E-state index contributed by atoms with van der Waals surface area (Å²) in [6, 6.07) is 10.8. The summed E-state index contributed by atoms with van der Waals surface area (Å²) in [5.41, 5.74) is 2.27. The molecule has 2 saturated heterocycles. The molecule has 7 heteroatoms. The Hall–Kier alpha value is -2.43. The van der Waals surface area contributed by atoms with E-state index in [-0.39, 0.29) is 17.3 Å². The molecule has 3 heterocycles. The van der Waals surface area contributed by atoms with Crippen LogP contribution in [0.3, 0.4) is 0 Å². The fourth-order valence-corrected chi connectivity index (χ4v) is 4.67. The van der Waals surface area contributed by atoms with Gasteiger partial charge in [-0.05, 0) is 37.1 Å². The van der Waals surface area contributed by atoms with E-state index in [0.29, 0.717) is 11.7 Å². The first-order chi connectivity index (χ1) is 13.3. The van der Waals surface area contributed by atoms with Crippen molar-refractivity contribution < 1.29 is 9.26 Å². The summed E-state index contributed by atoms with van der Waals surface area (Å²) in [6.45, 7) is 5.13. The van der Waals surface area contributed by atoms with E-state index in [0.717, 1.165) is 57.8 Å². The Morgan fingerprint density at radius 3 is 2.70 bits per heavy atom. The monoisotopic (exact) mass is 365 g/mol. The van der Waals surface area contributed by atoms with Crippen LogP contribution < -0.4 is 10.2 Å². The maximum absolute atomic E-state index is 9.34. The van der Waals surface area contributed by atoms with Crippen molar-refractivity contribution in [1.29, 1.82) is 5.26 Å². The van der Waals surface area contributed by atoms with Crippen molar-refractivity contribution in [1.82, 2.24) is 15.5 Å². The molecule has 1 saturated carbocycles. The minimum atomic E-state index is 0.101. The number of nitriles is 1. The normalized spacial score (nSPS) is 30.3. The highest BCUT2D eigenvalue weighted by atomic mass is 16.5. The number of benzene rings is 1. The predicted molar refractivity (Wildman–Crippen MR) is 99.1 cm³/mol. The highest BCUT2D eigenvalue weighted by Gasteiger charge is 2.54. The number of ether oxygens (including phenoxy) is 1. The van der Waals surface area contributed by atoms with E-state index in [1.165, 1.54) is 5.69 Å². The van der Waals surface area contributed by atoms with Gasteiger partial charge in [0.2, 0.25) is 11.7 Å². The number of morpholine rings is 1. The molecule has 27 heavy (non-hydrogen) atoms. The molecular weight excluding hydrogens is 342 g/mol. The lowest BCUT2D eigenvalue weighted by molar-refractivity contribution is 0.0764. The lowest BCUT2D eigenvalue weighted by atomic mass is 9.57. The second-order valence-electron chi connectivity index (χ2n) is 7.88. The van der Waals surface area contributed by atoms with Gasteiger partial charge in [0, 0.05) is 48.8 Å². The lowest BCUT2D eigenvalue weighted by Gasteiger charge is -2.45. The van der Waals surface area contributed by atoms with Gasteiger partial charge in [0.15, 0.2) is 0 Å². The van der Waals surface area contributed by atoms with Crippen LogP contribution in [-0.4, -0.2) is 49.5 Å². The van der Waals surface area contributed by atoms with Crippen LogP contribution in [0.25, 0.3) is 11.4 Å². The largest absolute Gasteiger partial charge is 0.378 e. The van der Waals surface area contributed by atoms with Gasteiger partial charge in [-0.3, -0.25) is 0 Å². The molecule has 1 unspecified atom stereocenters. The van der Waals surface area contributed by atoms with Gasteiger partial charge in [0.1, 0.15) is 0 Å². The van der Waals surface area contributed by atoms with Gasteiger partial charge in [0.25, 0.3) is 0 Å². The van der Waals surface area contributed by atoms with Gasteiger partial charge in [-0.1, -0.05) is 5.16 Å². The molecule has 2 aliphatic heterocycles. The van der Waals surface area contributed by atoms with Crippen molar-refractivity contribution in [3.63, 3.8) is 0 Å². The van der Waals surface area contributed by atoms with Crippen molar-refractivity contribution >= 4 is 5.69 Å². The van der Waals surface area contributed by atoms with Crippen LogP contribution in [0.4, 0.5) is 5.69 Å². The molecule has 1 N–H and O–H groups in total. The maximum atomic E-state index is 9.34. The Morgan fingerprint density at radius 1 is 1.19 bits per heavy atom. The van der Waals surface area contributed by atoms with Crippen LogP contribution in [0, 0.1) is 22.7 Å². The summed E-state index contributed by atoms with van der Waals surface area (Å²) >= 11 is 0. The number of hydrogen-bond donors (Lipinski definition) is 1. The smallest absolute Gasteiger partial charge is 0.230 e. The van der Waals surface area contributed by atoms with Crippen molar-refractivity contribution in [2.24, 2.45) is 11.3 Å². The summed E-state index contributed by atoms with van der Waals surface area (Å²) in [5, 5.41) is 16.9. The second kappa shape index (κ2) is 6.63. The summed E-state index contributed by atoms with van der Waals surface area (Å²) in [5.74, 6) is 1.72. The first-order valence-electron chi connectivity index (χ1n) is 9.64. The molecule has 0 bridgehead atoms. The average Bonchev–Trinajstić information content (AvgIpc) is 3.34. The predicted octanol–water partition coefficient (Wildman–Crippen LogP) is 2.18. The third kappa shape index (κ3) is 2.89. The maximum Gasteiger partial charge on any atom is 0.230 e. The van der Waals surface area contributed by atoms with E-state index < -0.39 is 0 Å². The molecule has 140 valence electrons. The molecule has 1 aromatic heterocycles. The zero-order chi connectivity index (χ0) is 18.3. The van der Waals surface area contributed by atoms with E-state index in [1.807, 2.05) is 12.1 Å². The highest BCUT2D eigenvalue weighted by Crippen LogP contribution is 2.56. The standard InChI is InChI=1S/C20H23N5O2/c21-11-16-12-22-13-20(16)9-15(10-20)19-23-18(24-27-19)14-1-3-17(4-2-14)25-5-7-26-8-6-25/h1-4,15-16,22H,5-10,12-13H2. The number of hydrogen-bond acceptors (Lipinski definition) is 7. The zero-order valence-electron chi connectivity index (χ0n) is 15.2. The SMILES string of the molecule is N#CC1CNCC12CC(c1nc(-c3ccc(N4CCOCC4)cc3)no1)C2. The first-order valence-corrected chi connectivity index (χ1v) is 9.64. The second-order valence-corrected chi connectivity index (χ2v) is 7.88. The molecule has 5 rings (SSSR count). The Morgan fingerprint density at radius 2 is 1.96 bits per heavy atom. The van der Waals surface area contributed by atoms with E-state index >= 15 is 0 Å². The van der Waals surface area contributed by atoms with Crippen LogP contribution in [0.1, 0.15) is 24.7 Å². The van der Waals surface area contributed by atoms with Crippen molar-refractivity contribution in [3.8, 4) is 17.5 Å². The van der Waals surface area contributed by atoms with Gasteiger partial charge >= 0.3 is 0 Å². The third-order valence-electron chi connectivity index (χ3n) is 6.32. The van der Waals surface area contributed by atoms with Crippen LogP contribution in [0.2, 0.25) is 0 Å². The molecule has 1 spiro atoms. The summed E-state index contributed by atoms with van der Waals surface area (Å²) in [4.78, 5) is 6.96. The van der Waals surface area contributed by atoms with Crippen LogP contribution in [0.15, 0.2) is 28.8 Å². The van der Waals surface area contributed by atoms with Gasteiger partial charge in [0.05, 0.1) is 25.2 Å². The average molecular weight is 365 g/mol. The molecule has 0 radical (unpaired) electrons.